The molecule has 0 spiro atoms. The van der Waals surface area contributed by atoms with Crippen LogP contribution in [0.5, 0.6) is 0 Å². The molecular weight excluding hydrogens is 218 g/mol. The molecule has 2 rings (SSSR count). The minimum Gasteiger partial charge on any atom is -0.386 e. The Bertz CT molecular complexity index is 395. The SMILES string of the molecule is Cc1nn(C)c(C)c1CNCC1(O)CCOC1. The second-order valence-corrected chi connectivity index (χ2v) is 4.90. The lowest BCUT2D eigenvalue weighted by atomic mass is 10.0. The number of ether oxygens (including phenoxy) is 1. The summed E-state index contributed by atoms with van der Waals surface area (Å²) in [6.07, 6.45) is 0.713. The van der Waals surface area contributed by atoms with Gasteiger partial charge in [-0.2, -0.15) is 5.10 Å². The minimum absolute atomic E-state index is 0.436. The summed E-state index contributed by atoms with van der Waals surface area (Å²) in [6, 6.07) is 0. The first-order valence-corrected chi connectivity index (χ1v) is 6.02. The highest BCUT2D eigenvalue weighted by molar-refractivity contribution is 5.24. The lowest BCUT2D eigenvalue weighted by Gasteiger charge is -2.20. The van der Waals surface area contributed by atoms with Gasteiger partial charge in [0.25, 0.3) is 0 Å². The fourth-order valence-electron chi connectivity index (χ4n) is 2.23. The molecule has 0 saturated carbocycles. The predicted octanol–water partition coefficient (Wildman–Crippen LogP) is 0.278. The zero-order valence-corrected chi connectivity index (χ0v) is 10.8. The van der Waals surface area contributed by atoms with Gasteiger partial charge in [0.15, 0.2) is 0 Å². The lowest BCUT2D eigenvalue weighted by Crippen LogP contribution is -2.40. The fraction of sp³-hybridized carbons (Fsp3) is 0.750. The molecule has 2 N–H and O–H groups in total. The van der Waals surface area contributed by atoms with Crippen LogP contribution in [0.4, 0.5) is 0 Å². The minimum atomic E-state index is -0.690. The third-order valence-corrected chi connectivity index (χ3v) is 3.50. The smallest absolute Gasteiger partial charge is 0.102 e. The van der Waals surface area contributed by atoms with E-state index < -0.39 is 5.60 Å². The maximum atomic E-state index is 10.1. The monoisotopic (exact) mass is 239 g/mol. The molecule has 96 valence electrons. The number of nitrogens with zero attached hydrogens (tertiary/aromatic N) is 2. The molecule has 0 aromatic carbocycles. The summed E-state index contributed by atoms with van der Waals surface area (Å²) in [5, 5.41) is 17.8. The molecule has 1 aliphatic rings. The molecular formula is C12H21N3O2. The summed E-state index contributed by atoms with van der Waals surface area (Å²) in [5.41, 5.74) is 2.75. The molecule has 1 aromatic rings. The van der Waals surface area contributed by atoms with Crippen LogP contribution in [-0.4, -0.2) is 40.2 Å². The number of aromatic nitrogens is 2. The van der Waals surface area contributed by atoms with Crippen LogP contribution in [0.15, 0.2) is 0 Å². The average molecular weight is 239 g/mol. The second-order valence-electron chi connectivity index (χ2n) is 4.90. The van der Waals surface area contributed by atoms with Crippen LogP contribution in [0.1, 0.15) is 23.4 Å². The first kappa shape index (κ1) is 12.5. The van der Waals surface area contributed by atoms with Gasteiger partial charge in [0.1, 0.15) is 5.60 Å². The quantitative estimate of drug-likeness (QED) is 0.792. The normalized spacial score (nSPS) is 24.5. The molecule has 1 unspecified atom stereocenters. The number of hydrogen-bond donors (Lipinski definition) is 2. The Balaban J connectivity index is 1.89. The molecule has 1 fully saturated rings. The van der Waals surface area contributed by atoms with Gasteiger partial charge in [-0.05, 0) is 13.8 Å². The van der Waals surface area contributed by atoms with E-state index in [1.807, 2.05) is 18.7 Å². The van der Waals surface area contributed by atoms with Crippen molar-refractivity contribution in [3.8, 4) is 0 Å². The summed E-state index contributed by atoms with van der Waals surface area (Å²) in [6.45, 7) is 6.48. The van der Waals surface area contributed by atoms with Crippen molar-refractivity contribution in [1.29, 1.82) is 0 Å². The summed E-state index contributed by atoms with van der Waals surface area (Å²) < 4.78 is 7.10. The van der Waals surface area contributed by atoms with Crippen molar-refractivity contribution < 1.29 is 9.84 Å². The van der Waals surface area contributed by atoms with E-state index in [-0.39, 0.29) is 0 Å². The van der Waals surface area contributed by atoms with Crippen molar-refractivity contribution in [2.75, 3.05) is 19.8 Å². The topological polar surface area (TPSA) is 59.3 Å². The highest BCUT2D eigenvalue weighted by Crippen LogP contribution is 2.17. The van der Waals surface area contributed by atoms with Crippen molar-refractivity contribution in [3.63, 3.8) is 0 Å². The number of rotatable bonds is 4. The number of aliphatic hydroxyl groups is 1. The maximum Gasteiger partial charge on any atom is 0.102 e. The van der Waals surface area contributed by atoms with E-state index in [9.17, 15) is 5.11 Å². The van der Waals surface area contributed by atoms with E-state index in [4.69, 9.17) is 4.74 Å². The maximum absolute atomic E-state index is 10.1. The van der Waals surface area contributed by atoms with Gasteiger partial charge in [0, 0.05) is 44.4 Å². The fourth-order valence-corrected chi connectivity index (χ4v) is 2.23. The second kappa shape index (κ2) is 4.76. The molecule has 0 radical (unpaired) electrons. The third kappa shape index (κ3) is 2.68. The summed E-state index contributed by atoms with van der Waals surface area (Å²) >= 11 is 0. The van der Waals surface area contributed by atoms with Crippen LogP contribution in [0.2, 0.25) is 0 Å². The van der Waals surface area contributed by atoms with Crippen molar-refractivity contribution in [3.05, 3.63) is 17.0 Å². The van der Waals surface area contributed by atoms with Crippen LogP contribution in [0.25, 0.3) is 0 Å². The largest absolute Gasteiger partial charge is 0.386 e. The Morgan fingerprint density at radius 2 is 2.29 bits per heavy atom. The van der Waals surface area contributed by atoms with Gasteiger partial charge in [-0.3, -0.25) is 4.68 Å². The molecule has 1 saturated heterocycles. The van der Waals surface area contributed by atoms with Crippen LogP contribution < -0.4 is 5.32 Å². The van der Waals surface area contributed by atoms with Gasteiger partial charge in [-0.15, -0.1) is 0 Å². The van der Waals surface area contributed by atoms with Crippen LogP contribution in [0, 0.1) is 13.8 Å². The first-order valence-electron chi connectivity index (χ1n) is 6.02. The van der Waals surface area contributed by atoms with Gasteiger partial charge in [0.2, 0.25) is 0 Å². The standard InChI is InChI=1S/C12H21N3O2/c1-9-11(10(2)15(3)14-9)6-13-7-12(16)4-5-17-8-12/h13,16H,4-8H2,1-3H3. The zero-order valence-electron chi connectivity index (χ0n) is 10.8. The number of hydrogen-bond acceptors (Lipinski definition) is 4. The molecule has 5 heteroatoms. The Labute approximate surface area is 102 Å². The van der Waals surface area contributed by atoms with Gasteiger partial charge < -0.3 is 15.2 Å². The molecule has 1 atom stereocenters. The van der Waals surface area contributed by atoms with Gasteiger partial charge in [-0.1, -0.05) is 0 Å². The molecule has 1 aliphatic heterocycles. The van der Waals surface area contributed by atoms with Gasteiger partial charge >= 0.3 is 0 Å². The molecule has 1 aromatic heterocycles. The Kier molecular flexibility index (Phi) is 3.51. The van der Waals surface area contributed by atoms with E-state index in [2.05, 4.69) is 17.3 Å². The highest BCUT2D eigenvalue weighted by Gasteiger charge is 2.31. The Hall–Kier alpha value is -0.910. The van der Waals surface area contributed by atoms with Crippen molar-refractivity contribution in [1.82, 2.24) is 15.1 Å². The molecule has 2 heterocycles. The van der Waals surface area contributed by atoms with Crippen LogP contribution in [-0.2, 0) is 18.3 Å². The molecule has 0 aliphatic carbocycles. The Morgan fingerprint density at radius 3 is 2.82 bits per heavy atom. The zero-order chi connectivity index (χ0) is 12.5. The van der Waals surface area contributed by atoms with Gasteiger partial charge in [0.05, 0.1) is 12.3 Å². The van der Waals surface area contributed by atoms with Crippen molar-refractivity contribution >= 4 is 0 Å². The van der Waals surface area contributed by atoms with E-state index in [0.29, 0.717) is 26.2 Å². The van der Waals surface area contributed by atoms with E-state index in [1.54, 1.807) is 0 Å². The third-order valence-electron chi connectivity index (χ3n) is 3.50. The molecule has 0 amide bonds. The molecule has 5 nitrogen and oxygen atoms in total. The highest BCUT2D eigenvalue weighted by atomic mass is 16.5. The Morgan fingerprint density at radius 1 is 1.53 bits per heavy atom. The first-order chi connectivity index (χ1) is 8.02. The summed E-state index contributed by atoms with van der Waals surface area (Å²) in [5.74, 6) is 0. The van der Waals surface area contributed by atoms with Crippen LogP contribution >= 0.6 is 0 Å². The van der Waals surface area contributed by atoms with Crippen molar-refractivity contribution in [2.45, 2.75) is 32.4 Å². The van der Waals surface area contributed by atoms with E-state index in [1.165, 1.54) is 11.3 Å². The van der Waals surface area contributed by atoms with Gasteiger partial charge in [-0.25, -0.2) is 0 Å². The van der Waals surface area contributed by atoms with Crippen LogP contribution in [0.3, 0.4) is 0 Å². The summed E-state index contributed by atoms with van der Waals surface area (Å²) in [7, 11) is 1.95. The van der Waals surface area contributed by atoms with E-state index in [0.717, 1.165) is 12.2 Å². The number of aryl methyl sites for hydroxylation is 2. The van der Waals surface area contributed by atoms with Crippen molar-refractivity contribution in [2.24, 2.45) is 7.05 Å². The molecule has 17 heavy (non-hydrogen) atoms. The summed E-state index contributed by atoms with van der Waals surface area (Å²) in [4.78, 5) is 0. The molecule has 0 bridgehead atoms. The predicted molar refractivity (Wildman–Crippen MR) is 64.8 cm³/mol. The average Bonchev–Trinajstić information content (AvgIpc) is 2.79. The lowest BCUT2D eigenvalue weighted by molar-refractivity contribution is 0.0268. The number of nitrogens with one attached hydrogen (secondary N) is 1. The van der Waals surface area contributed by atoms with E-state index >= 15 is 0 Å².